The zero-order chi connectivity index (χ0) is 25.3. The topological polar surface area (TPSA) is 104 Å². The Morgan fingerprint density at radius 3 is 2.75 bits per heavy atom. The van der Waals surface area contributed by atoms with E-state index in [0.29, 0.717) is 57.4 Å². The van der Waals surface area contributed by atoms with Crippen LogP contribution in [0.25, 0.3) is 10.9 Å². The lowest BCUT2D eigenvalue weighted by Crippen LogP contribution is -2.35. The highest BCUT2D eigenvalue weighted by molar-refractivity contribution is 5.94. The van der Waals surface area contributed by atoms with Crippen LogP contribution in [0.3, 0.4) is 0 Å². The molecule has 1 saturated heterocycles. The van der Waals surface area contributed by atoms with Crippen molar-refractivity contribution in [1.29, 1.82) is 0 Å². The van der Waals surface area contributed by atoms with Gasteiger partial charge in [0.2, 0.25) is 11.8 Å². The van der Waals surface area contributed by atoms with Crippen molar-refractivity contribution in [2.45, 2.75) is 32.1 Å². The van der Waals surface area contributed by atoms with Gasteiger partial charge in [0.05, 0.1) is 7.11 Å². The summed E-state index contributed by atoms with van der Waals surface area (Å²) in [4.78, 5) is 43.3. The van der Waals surface area contributed by atoms with Gasteiger partial charge in [-0.3, -0.25) is 14.4 Å². The third kappa shape index (κ3) is 6.44. The normalized spacial score (nSPS) is 17.2. The third-order valence-electron chi connectivity index (χ3n) is 6.75. The molecule has 0 aliphatic carbocycles. The molecule has 2 heterocycles. The first kappa shape index (κ1) is 25.3. The molecule has 0 radical (unpaired) electrons. The van der Waals surface area contributed by atoms with E-state index in [1.165, 1.54) is 0 Å². The molecule has 1 unspecified atom stereocenters. The molecular weight excluding hydrogens is 456 g/mol. The average molecular weight is 491 g/mol. The van der Waals surface area contributed by atoms with E-state index in [0.717, 1.165) is 22.2 Å². The van der Waals surface area contributed by atoms with E-state index in [-0.39, 0.29) is 30.1 Å². The predicted molar refractivity (Wildman–Crippen MR) is 139 cm³/mol. The summed E-state index contributed by atoms with van der Waals surface area (Å²) in [5, 5.41) is 7.07. The maximum absolute atomic E-state index is 13.0. The highest BCUT2D eigenvalue weighted by Crippen LogP contribution is 2.24. The van der Waals surface area contributed by atoms with Crippen LogP contribution in [0, 0.1) is 5.92 Å². The van der Waals surface area contributed by atoms with Crippen molar-refractivity contribution in [1.82, 2.24) is 20.5 Å². The fourth-order valence-electron chi connectivity index (χ4n) is 4.68. The van der Waals surface area contributed by atoms with Crippen LogP contribution in [0.5, 0.6) is 5.75 Å². The van der Waals surface area contributed by atoms with E-state index in [1.807, 2.05) is 42.6 Å². The number of H-pyrrole nitrogens is 1. The minimum absolute atomic E-state index is 0.0122. The quantitative estimate of drug-likeness (QED) is 0.493. The van der Waals surface area contributed by atoms with Crippen LogP contribution >= 0.6 is 0 Å². The zero-order valence-electron chi connectivity index (χ0n) is 20.7. The van der Waals surface area contributed by atoms with Crippen molar-refractivity contribution in [2.24, 2.45) is 5.92 Å². The lowest BCUT2D eigenvalue weighted by Gasteiger charge is -2.23. The molecule has 8 heteroatoms. The highest BCUT2D eigenvalue weighted by Gasteiger charge is 2.22. The second kappa shape index (κ2) is 12.2. The van der Waals surface area contributed by atoms with Crippen molar-refractivity contribution >= 4 is 28.6 Å². The standard InChI is InChI=1S/C28H34N4O4/c1-36-23-9-10-25-24(18-23)22(19-31-25)12-15-30-27(34)20-8-5-16-32(17-13-26(33)29-14-11-20)28(35)21-6-3-2-4-7-21/h2-4,6-7,9-10,18-20,31H,5,8,11-17H2,1H3,(H,29,33)(H,30,34). The molecule has 0 saturated carbocycles. The molecule has 3 aromatic rings. The number of carbonyl (C=O) groups excluding carboxylic acids is 3. The molecule has 1 atom stereocenters. The van der Waals surface area contributed by atoms with Gasteiger partial charge in [0.1, 0.15) is 5.75 Å². The molecule has 0 bridgehead atoms. The van der Waals surface area contributed by atoms with Crippen LogP contribution < -0.4 is 15.4 Å². The molecular formula is C28H34N4O4. The van der Waals surface area contributed by atoms with E-state index < -0.39 is 0 Å². The predicted octanol–water partition coefficient (Wildman–Crippen LogP) is 3.28. The SMILES string of the molecule is COc1ccc2[nH]cc(CCNC(=O)C3CCCN(C(=O)c4ccccc4)CCC(=O)NCC3)c2c1. The fraction of sp³-hybridized carbons (Fsp3) is 0.393. The van der Waals surface area contributed by atoms with Gasteiger partial charge in [-0.1, -0.05) is 18.2 Å². The third-order valence-corrected chi connectivity index (χ3v) is 6.75. The summed E-state index contributed by atoms with van der Waals surface area (Å²) in [6.45, 7) is 1.85. The Labute approximate surface area is 211 Å². The molecule has 2 aromatic carbocycles. The molecule has 1 aliphatic heterocycles. The van der Waals surface area contributed by atoms with Crippen LogP contribution in [0.15, 0.2) is 54.7 Å². The Morgan fingerprint density at radius 2 is 1.94 bits per heavy atom. The van der Waals surface area contributed by atoms with Crippen LogP contribution in [0.4, 0.5) is 0 Å². The zero-order valence-corrected chi connectivity index (χ0v) is 20.7. The van der Waals surface area contributed by atoms with Crippen LogP contribution in [0.1, 0.15) is 41.6 Å². The van der Waals surface area contributed by atoms with Crippen LogP contribution in [0.2, 0.25) is 0 Å². The van der Waals surface area contributed by atoms with E-state index in [9.17, 15) is 14.4 Å². The number of hydrogen-bond acceptors (Lipinski definition) is 4. The Hall–Kier alpha value is -3.81. The van der Waals surface area contributed by atoms with Gasteiger partial charge in [-0.25, -0.2) is 0 Å². The number of aromatic nitrogens is 1. The number of amides is 3. The second-order valence-electron chi connectivity index (χ2n) is 9.15. The minimum Gasteiger partial charge on any atom is -0.497 e. The van der Waals surface area contributed by atoms with Crippen molar-refractivity contribution in [3.8, 4) is 5.75 Å². The summed E-state index contributed by atoms with van der Waals surface area (Å²) in [5.74, 6) is 0.379. The van der Waals surface area contributed by atoms with Gasteiger partial charge in [-0.05, 0) is 61.6 Å². The average Bonchev–Trinajstić information content (AvgIpc) is 3.29. The van der Waals surface area contributed by atoms with Crippen LogP contribution in [-0.2, 0) is 16.0 Å². The number of aromatic amines is 1. The van der Waals surface area contributed by atoms with Gasteiger partial charge in [-0.15, -0.1) is 0 Å². The molecule has 36 heavy (non-hydrogen) atoms. The number of nitrogens with one attached hydrogen (secondary N) is 3. The van der Waals surface area contributed by atoms with Gasteiger partial charge < -0.3 is 25.3 Å². The first-order valence-electron chi connectivity index (χ1n) is 12.6. The van der Waals surface area contributed by atoms with E-state index >= 15 is 0 Å². The molecule has 190 valence electrons. The number of nitrogens with zero attached hydrogens (tertiary/aromatic N) is 1. The first-order valence-corrected chi connectivity index (χ1v) is 12.6. The molecule has 3 amide bonds. The lowest BCUT2D eigenvalue weighted by molar-refractivity contribution is -0.126. The van der Waals surface area contributed by atoms with Gasteiger partial charge in [-0.2, -0.15) is 0 Å². The molecule has 8 nitrogen and oxygen atoms in total. The van der Waals surface area contributed by atoms with Crippen molar-refractivity contribution < 1.29 is 19.1 Å². The molecule has 1 fully saturated rings. The van der Waals surface area contributed by atoms with E-state index in [1.54, 1.807) is 24.1 Å². The van der Waals surface area contributed by atoms with Gasteiger partial charge in [0.15, 0.2) is 0 Å². The van der Waals surface area contributed by atoms with Crippen molar-refractivity contribution in [3.05, 3.63) is 65.9 Å². The number of rotatable bonds is 6. The maximum Gasteiger partial charge on any atom is 0.253 e. The number of ether oxygens (including phenoxy) is 1. The Morgan fingerprint density at radius 1 is 1.11 bits per heavy atom. The number of methoxy groups -OCH3 is 1. The van der Waals surface area contributed by atoms with E-state index in [2.05, 4.69) is 15.6 Å². The summed E-state index contributed by atoms with van der Waals surface area (Å²) >= 11 is 0. The summed E-state index contributed by atoms with van der Waals surface area (Å²) in [7, 11) is 1.65. The smallest absolute Gasteiger partial charge is 0.253 e. The summed E-state index contributed by atoms with van der Waals surface area (Å²) in [6.07, 6.45) is 4.86. The number of benzene rings is 2. The van der Waals surface area contributed by atoms with E-state index in [4.69, 9.17) is 4.74 Å². The Kier molecular flexibility index (Phi) is 8.60. The van der Waals surface area contributed by atoms with Gasteiger partial charge in [0, 0.05) is 61.2 Å². The van der Waals surface area contributed by atoms with Crippen molar-refractivity contribution in [3.63, 3.8) is 0 Å². The second-order valence-corrected chi connectivity index (χ2v) is 9.15. The van der Waals surface area contributed by atoms with Crippen molar-refractivity contribution in [2.75, 3.05) is 33.3 Å². The summed E-state index contributed by atoms with van der Waals surface area (Å²) in [5.41, 5.74) is 2.76. The maximum atomic E-state index is 13.0. The molecule has 1 aliphatic rings. The Bertz CT molecular complexity index is 1190. The van der Waals surface area contributed by atoms with Crippen LogP contribution in [-0.4, -0.2) is 60.9 Å². The largest absolute Gasteiger partial charge is 0.497 e. The molecule has 3 N–H and O–H groups in total. The van der Waals surface area contributed by atoms with Gasteiger partial charge >= 0.3 is 0 Å². The molecule has 0 spiro atoms. The monoisotopic (exact) mass is 490 g/mol. The lowest BCUT2D eigenvalue weighted by atomic mass is 9.97. The number of hydrogen-bond donors (Lipinski definition) is 3. The number of fused-ring (bicyclic) bond motifs is 1. The first-order chi connectivity index (χ1) is 17.5. The minimum atomic E-state index is -0.222. The number of carbonyl (C=O) groups is 3. The highest BCUT2D eigenvalue weighted by atomic mass is 16.5. The molecule has 1 aromatic heterocycles. The van der Waals surface area contributed by atoms with Gasteiger partial charge in [0.25, 0.3) is 5.91 Å². The Balaban J connectivity index is 1.34. The molecule has 4 rings (SSSR count). The summed E-state index contributed by atoms with van der Waals surface area (Å²) < 4.78 is 5.34. The fourth-order valence-corrected chi connectivity index (χ4v) is 4.68. The summed E-state index contributed by atoms with van der Waals surface area (Å²) in [6, 6.07) is 15.0.